The van der Waals surface area contributed by atoms with Crippen molar-refractivity contribution in [2.75, 3.05) is 0 Å². The van der Waals surface area contributed by atoms with Crippen molar-refractivity contribution in [2.24, 2.45) is 0 Å². The molecule has 0 unspecified atom stereocenters. The molecule has 3 aromatic rings. The molecule has 1 heteroatoms. The summed E-state index contributed by atoms with van der Waals surface area (Å²) in [6, 6.07) is 26.1. The van der Waals surface area contributed by atoms with Gasteiger partial charge in [-0.05, 0) is 55.0 Å². The zero-order valence-electron chi connectivity index (χ0n) is 14.4. The standard InChI is InChI=1S/C23H22S/c1-17-10-12-22(13-11-17)24-16-23(20-8-4-6-18(2)14-20)21-9-5-7-19(3)15-21/h4-16H,1-3H3. The van der Waals surface area contributed by atoms with Crippen LogP contribution in [0.1, 0.15) is 27.8 Å². The van der Waals surface area contributed by atoms with Crippen LogP contribution in [0.2, 0.25) is 0 Å². The summed E-state index contributed by atoms with van der Waals surface area (Å²) in [7, 11) is 0. The van der Waals surface area contributed by atoms with Gasteiger partial charge in [-0.1, -0.05) is 89.1 Å². The summed E-state index contributed by atoms with van der Waals surface area (Å²) >= 11 is 1.78. The van der Waals surface area contributed by atoms with E-state index in [2.05, 4.69) is 99.0 Å². The molecule has 3 aromatic carbocycles. The van der Waals surface area contributed by atoms with Gasteiger partial charge in [-0.25, -0.2) is 0 Å². The van der Waals surface area contributed by atoms with E-state index in [1.54, 1.807) is 11.8 Å². The topological polar surface area (TPSA) is 0 Å². The van der Waals surface area contributed by atoms with E-state index in [-0.39, 0.29) is 0 Å². The number of thioether (sulfide) groups is 1. The summed E-state index contributed by atoms with van der Waals surface area (Å²) in [6.45, 7) is 6.41. The Hall–Kier alpha value is -2.25. The van der Waals surface area contributed by atoms with E-state index in [4.69, 9.17) is 0 Å². The third kappa shape index (κ3) is 4.18. The average molecular weight is 330 g/mol. The van der Waals surface area contributed by atoms with Crippen molar-refractivity contribution in [2.45, 2.75) is 25.7 Å². The van der Waals surface area contributed by atoms with Crippen LogP contribution in [-0.4, -0.2) is 0 Å². The Morgan fingerprint density at radius 1 is 0.667 bits per heavy atom. The molecule has 0 amide bonds. The lowest BCUT2D eigenvalue weighted by Crippen LogP contribution is -1.89. The first-order chi connectivity index (χ1) is 11.6. The first kappa shape index (κ1) is 16.6. The van der Waals surface area contributed by atoms with Crippen molar-refractivity contribution < 1.29 is 0 Å². The zero-order chi connectivity index (χ0) is 16.9. The van der Waals surface area contributed by atoms with Gasteiger partial charge in [0.05, 0.1) is 0 Å². The molecule has 0 atom stereocenters. The third-order valence-corrected chi connectivity index (χ3v) is 4.89. The van der Waals surface area contributed by atoms with E-state index in [1.165, 1.54) is 38.3 Å². The van der Waals surface area contributed by atoms with Crippen LogP contribution < -0.4 is 0 Å². The van der Waals surface area contributed by atoms with Crippen molar-refractivity contribution in [1.29, 1.82) is 0 Å². The molecule has 0 saturated carbocycles. The summed E-state index contributed by atoms with van der Waals surface area (Å²) in [6.07, 6.45) is 0. The first-order valence-corrected chi connectivity index (χ1v) is 9.07. The van der Waals surface area contributed by atoms with Crippen LogP contribution >= 0.6 is 11.8 Å². The number of rotatable bonds is 4. The van der Waals surface area contributed by atoms with E-state index in [9.17, 15) is 0 Å². The second-order valence-corrected chi connectivity index (χ2v) is 7.14. The van der Waals surface area contributed by atoms with Gasteiger partial charge in [0.1, 0.15) is 0 Å². The van der Waals surface area contributed by atoms with Gasteiger partial charge in [-0.3, -0.25) is 0 Å². The highest BCUT2D eigenvalue weighted by atomic mass is 32.2. The molecular formula is C23H22S. The molecule has 3 rings (SSSR count). The van der Waals surface area contributed by atoms with E-state index in [0.717, 1.165) is 0 Å². The summed E-state index contributed by atoms with van der Waals surface area (Å²) in [5.41, 5.74) is 7.66. The fourth-order valence-corrected chi connectivity index (χ4v) is 3.49. The largest absolute Gasteiger partial charge is 0.0974 e. The monoisotopic (exact) mass is 330 g/mol. The van der Waals surface area contributed by atoms with E-state index in [1.807, 2.05) is 0 Å². The van der Waals surface area contributed by atoms with Gasteiger partial charge < -0.3 is 0 Å². The Labute approximate surface area is 149 Å². The molecule has 0 fully saturated rings. The van der Waals surface area contributed by atoms with Crippen molar-refractivity contribution in [3.63, 3.8) is 0 Å². The third-order valence-electron chi connectivity index (χ3n) is 3.99. The second kappa shape index (κ2) is 7.55. The van der Waals surface area contributed by atoms with Crippen molar-refractivity contribution >= 4 is 17.3 Å². The molecule has 0 nitrogen and oxygen atoms in total. The maximum atomic E-state index is 2.27. The minimum atomic E-state index is 1.26. The number of aryl methyl sites for hydroxylation is 3. The Morgan fingerprint density at radius 3 is 1.71 bits per heavy atom. The molecule has 0 radical (unpaired) electrons. The molecule has 120 valence electrons. The molecule has 0 aromatic heterocycles. The van der Waals surface area contributed by atoms with Crippen molar-refractivity contribution in [3.05, 3.63) is 106 Å². The van der Waals surface area contributed by atoms with Gasteiger partial charge in [-0.15, -0.1) is 0 Å². The fraction of sp³-hybridized carbons (Fsp3) is 0.130. The van der Waals surface area contributed by atoms with Crippen molar-refractivity contribution in [3.8, 4) is 0 Å². The maximum Gasteiger partial charge on any atom is 0.0116 e. The Morgan fingerprint density at radius 2 is 1.21 bits per heavy atom. The average Bonchev–Trinajstić information content (AvgIpc) is 2.57. The quantitative estimate of drug-likeness (QED) is 0.474. The predicted molar refractivity (Wildman–Crippen MR) is 106 cm³/mol. The fourth-order valence-electron chi connectivity index (χ4n) is 2.67. The number of hydrogen-bond donors (Lipinski definition) is 0. The molecule has 0 spiro atoms. The van der Waals surface area contributed by atoms with Gasteiger partial charge in [0, 0.05) is 4.90 Å². The highest BCUT2D eigenvalue weighted by Gasteiger charge is 2.06. The second-order valence-electron chi connectivity index (χ2n) is 6.20. The van der Waals surface area contributed by atoms with Crippen LogP contribution in [0.4, 0.5) is 0 Å². The summed E-state index contributed by atoms with van der Waals surface area (Å²) in [5, 5.41) is 2.27. The normalized spacial score (nSPS) is 10.5. The van der Waals surface area contributed by atoms with Crippen LogP contribution in [0.5, 0.6) is 0 Å². The van der Waals surface area contributed by atoms with E-state index < -0.39 is 0 Å². The van der Waals surface area contributed by atoms with Crippen molar-refractivity contribution in [1.82, 2.24) is 0 Å². The first-order valence-electron chi connectivity index (χ1n) is 8.19. The van der Waals surface area contributed by atoms with Gasteiger partial charge in [0.2, 0.25) is 0 Å². The SMILES string of the molecule is Cc1ccc(SC=C(c2cccc(C)c2)c2cccc(C)c2)cc1. The van der Waals surface area contributed by atoms with Crippen LogP contribution in [-0.2, 0) is 0 Å². The molecule has 0 aliphatic carbocycles. The predicted octanol–water partition coefficient (Wildman–Crippen LogP) is 6.79. The molecule has 0 saturated heterocycles. The van der Waals surface area contributed by atoms with Crippen LogP contribution in [0.3, 0.4) is 0 Å². The summed E-state index contributed by atoms with van der Waals surface area (Å²) in [5.74, 6) is 0. The molecule has 0 N–H and O–H groups in total. The number of benzene rings is 3. The minimum Gasteiger partial charge on any atom is -0.0974 e. The van der Waals surface area contributed by atoms with E-state index >= 15 is 0 Å². The number of hydrogen-bond acceptors (Lipinski definition) is 1. The molecule has 0 heterocycles. The zero-order valence-corrected chi connectivity index (χ0v) is 15.2. The Kier molecular flexibility index (Phi) is 5.22. The highest BCUT2D eigenvalue weighted by molar-refractivity contribution is 8.02. The lowest BCUT2D eigenvalue weighted by molar-refractivity contribution is 1.38. The molecular weight excluding hydrogens is 308 g/mol. The molecule has 24 heavy (non-hydrogen) atoms. The summed E-state index contributed by atoms with van der Waals surface area (Å²) < 4.78 is 0. The lowest BCUT2D eigenvalue weighted by atomic mass is 9.97. The minimum absolute atomic E-state index is 1.26. The summed E-state index contributed by atoms with van der Waals surface area (Å²) in [4.78, 5) is 1.26. The van der Waals surface area contributed by atoms with Gasteiger partial charge in [0.25, 0.3) is 0 Å². The van der Waals surface area contributed by atoms with Gasteiger partial charge in [0.15, 0.2) is 0 Å². The molecule has 0 aliphatic heterocycles. The molecule has 0 bridgehead atoms. The van der Waals surface area contributed by atoms with E-state index in [0.29, 0.717) is 0 Å². The maximum absolute atomic E-state index is 2.27. The Bertz CT molecular complexity index is 810. The van der Waals surface area contributed by atoms with Crippen LogP contribution in [0.25, 0.3) is 5.57 Å². The highest BCUT2D eigenvalue weighted by Crippen LogP contribution is 2.30. The molecule has 0 aliphatic rings. The van der Waals surface area contributed by atoms with Gasteiger partial charge >= 0.3 is 0 Å². The van der Waals surface area contributed by atoms with Crippen LogP contribution in [0.15, 0.2) is 83.1 Å². The lowest BCUT2D eigenvalue weighted by Gasteiger charge is -2.10. The smallest absolute Gasteiger partial charge is 0.0116 e. The van der Waals surface area contributed by atoms with Gasteiger partial charge in [-0.2, -0.15) is 0 Å². The van der Waals surface area contributed by atoms with Crippen LogP contribution in [0, 0.1) is 20.8 Å². The Balaban J connectivity index is 2.01.